The van der Waals surface area contributed by atoms with Crippen molar-refractivity contribution >= 4 is 0 Å². The first-order chi connectivity index (χ1) is 4.97. The van der Waals surface area contributed by atoms with Crippen LogP contribution in [0.15, 0.2) is 0 Å². The van der Waals surface area contributed by atoms with Gasteiger partial charge in [0.15, 0.2) is 0 Å². The number of hydrogen-bond acceptors (Lipinski definition) is 3. The molecule has 0 amide bonds. The van der Waals surface area contributed by atoms with Gasteiger partial charge in [0.1, 0.15) is 0 Å². The fourth-order valence-corrected chi connectivity index (χ4v) is 1.80. The van der Waals surface area contributed by atoms with Gasteiger partial charge in [0.2, 0.25) is 0 Å². The smallest absolute Gasteiger partial charge is 0.0610 e. The molecule has 0 saturated carbocycles. The van der Waals surface area contributed by atoms with Gasteiger partial charge in [-0.25, -0.2) is 0 Å². The molecule has 2 saturated heterocycles. The fraction of sp³-hybridized carbons (Fsp3) is 1.00. The number of nitrogens with zero attached hydrogens (tertiary/aromatic N) is 1. The molecule has 0 radical (unpaired) electrons. The zero-order valence-corrected chi connectivity index (χ0v) is 6.27. The van der Waals surface area contributed by atoms with E-state index in [1.807, 2.05) is 0 Å². The molecule has 0 aromatic carbocycles. The van der Waals surface area contributed by atoms with Crippen molar-refractivity contribution in [1.82, 2.24) is 15.5 Å². The van der Waals surface area contributed by atoms with Crippen molar-refractivity contribution in [2.24, 2.45) is 0 Å². The van der Waals surface area contributed by atoms with Crippen LogP contribution in [0.3, 0.4) is 0 Å². The first-order valence-corrected chi connectivity index (χ1v) is 4.15. The van der Waals surface area contributed by atoms with Crippen LogP contribution in [0.1, 0.15) is 6.42 Å². The number of hydrogen-bond donors (Lipinski definition) is 2. The lowest BCUT2D eigenvalue weighted by molar-refractivity contribution is 0.255. The minimum absolute atomic E-state index is 0.676. The Balaban J connectivity index is 1.95. The molecular weight excluding hydrogens is 126 g/mol. The zero-order chi connectivity index (χ0) is 6.81. The quantitative estimate of drug-likeness (QED) is 0.463. The van der Waals surface area contributed by atoms with Crippen LogP contribution in [0.25, 0.3) is 0 Å². The van der Waals surface area contributed by atoms with Crippen molar-refractivity contribution in [3.63, 3.8) is 0 Å². The Hall–Kier alpha value is -0.120. The Kier molecular flexibility index (Phi) is 1.88. The molecule has 0 aromatic rings. The summed E-state index contributed by atoms with van der Waals surface area (Å²) in [5, 5.41) is 6.88. The standard InChI is InChI=1S/C7H15N3/c1-2-8-3-5-10-6-4-9-7(1)10/h7-9H,1-6H2. The van der Waals surface area contributed by atoms with Gasteiger partial charge < -0.3 is 10.6 Å². The van der Waals surface area contributed by atoms with Crippen LogP contribution in [0.5, 0.6) is 0 Å². The molecule has 0 bridgehead atoms. The lowest BCUT2D eigenvalue weighted by atomic mass is 10.3. The molecule has 2 fully saturated rings. The largest absolute Gasteiger partial charge is 0.315 e. The molecule has 2 aliphatic heterocycles. The number of nitrogens with one attached hydrogen (secondary N) is 2. The van der Waals surface area contributed by atoms with Crippen molar-refractivity contribution in [2.75, 3.05) is 32.7 Å². The predicted octanol–water partition coefficient (Wildman–Crippen LogP) is -0.789. The maximum Gasteiger partial charge on any atom is 0.0610 e. The zero-order valence-electron chi connectivity index (χ0n) is 6.27. The van der Waals surface area contributed by atoms with E-state index in [-0.39, 0.29) is 0 Å². The van der Waals surface area contributed by atoms with E-state index in [4.69, 9.17) is 0 Å². The van der Waals surface area contributed by atoms with E-state index in [0.29, 0.717) is 6.17 Å². The van der Waals surface area contributed by atoms with Crippen LogP contribution in [-0.2, 0) is 0 Å². The summed E-state index contributed by atoms with van der Waals surface area (Å²) in [6.07, 6.45) is 1.94. The number of fused-ring (bicyclic) bond motifs is 1. The molecule has 2 N–H and O–H groups in total. The van der Waals surface area contributed by atoms with Gasteiger partial charge in [0.25, 0.3) is 0 Å². The van der Waals surface area contributed by atoms with E-state index in [0.717, 1.165) is 6.54 Å². The van der Waals surface area contributed by atoms with Gasteiger partial charge in [-0.05, 0) is 13.0 Å². The maximum absolute atomic E-state index is 3.48. The predicted molar refractivity (Wildman–Crippen MR) is 40.9 cm³/mol. The van der Waals surface area contributed by atoms with E-state index < -0.39 is 0 Å². The van der Waals surface area contributed by atoms with Gasteiger partial charge in [0, 0.05) is 26.2 Å². The first-order valence-electron chi connectivity index (χ1n) is 4.15. The highest BCUT2D eigenvalue weighted by Crippen LogP contribution is 2.07. The highest BCUT2D eigenvalue weighted by atomic mass is 15.3. The van der Waals surface area contributed by atoms with Crippen LogP contribution in [0, 0.1) is 0 Å². The summed E-state index contributed by atoms with van der Waals surface area (Å²) in [5.74, 6) is 0. The Bertz CT molecular complexity index is 103. The van der Waals surface area contributed by atoms with Gasteiger partial charge in [-0.15, -0.1) is 0 Å². The Morgan fingerprint density at radius 2 is 2.00 bits per heavy atom. The molecule has 2 heterocycles. The average Bonchev–Trinajstić information content (AvgIpc) is 2.28. The second-order valence-electron chi connectivity index (χ2n) is 3.04. The van der Waals surface area contributed by atoms with E-state index in [9.17, 15) is 0 Å². The molecule has 2 rings (SSSR count). The fourth-order valence-electron chi connectivity index (χ4n) is 1.80. The third-order valence-electron chi connectivity index (χ3n) is 2.39. The van der Waals surface area contributed by atoms with Gasteiger partial charge >= 0.3 is 0 Å². The monoisotopic (exact) mass is 141 g/mol. The SMILES string of the molecule is C1CC2NCCN2CCN1. The number of rotatable bonds is 0. The molecule has 3 heteroatoms. The summed E-state index contributed by atoms with van der Waals surface area (Å²) < 4.78 is 0. The Morgan fingerprint density at radius 1 is 1.10 bits per heavy atom. The summed E-state index contributed by atoms with van der Waals surface area (Å²) >= 11 is 0. The lowest BCUT2D eigenvalue weighted by Crippen LogP contribution is -2.35. The summed E-state index contributed by atoms with van der Waals surface area (Å²) in [6.45, 7) is 5.99. The van der Waals surface area contributed by atoms with Crippen molar-refractivity contribution in [3.05, 3.63) is 0 Å². The van der Waals surface area contributed by atoms with Crippen LogP contribution >= 0.6 is 0 Å². The molecule has 0 aliphatic carbocycles. The van der Waals surface area contributed by atoms with Crippen molar-refractivity contribution in [1.29, 1.82) is 0 Å². The van der Waals surface area contributed by atoms with Crippen LogP contribution in [0.4, 0.5) is 0 Å². The van der Waals surface area contributed by atoms with Gasteiger partial charge in [-0.3, -0.25) is 4.90 Å². The molecular formula is C7H15N3. The minimum atomic E-state index is 0.676. The van der Waals surface area contributed by atoms with Crippen LogP contribution < -0.4 is 10.6 Å². The maximum atomic E-state index is 3.48. The summed E-state index contributed by atoms with van der Waals surface area (Å²) in [7, 11) is 0. The normalized spacial score (nSPS) is 35.4. The second-order valence-corrected chi connectivity index (χ2v) is 3.04. The highest BCUT2D eigenvalue weighted by Gasteiger charge is 2.24. The lowest BCUT2D eigenvalue weighted by Gasteiger charge is -2.19. The molecule has 2 aliphatic rings. The minimum Gasteiger partial charge on any atom is -0.315 e. The molecule has 3 nitrogen and oxygen atoms in total. The Labute approximate surface area is 61.8 Å². The summed E-state index contributed by atoms with van der Waals surface area (Å²) in [6, 6.07) is 0. The van der Waals surface area contributed by atoms with Crippen molar-refractivity contribution < 1.29 is 0 Å². The first kappa shape index (κ1) is 6.58. The van der Waals surface area contributed by atoms with Gasteiger partial charge in [-0.1, -0.05) is 0 Å². The van der Waals surface area contributed by atoms with Crippen LogP contribution in [0.2, 0.25) is 0 Å². The van der Waals surface area contributed by atoms with Crippen LogP contribution in [-0.4, -0.2) is 43.8 Å². The third kappa shape index (κ3) is 1.17. The van der Waals surface area contributed by atoms with Gasteiger partial charge in [-0.2, -0.15) is 0 Å². The highest BCUT2D eigenvalue weighted by molar-refractivity contribution is 4.81. The molecule has 1 unspecified atom stereocenters. The summed E-state index contributed by atoms with van der Waals surface area (Å²) in [5.41, 5.74) is 0. The molecule has 0 spiro atoms. The second kappa shape index (κ2) is 2.86. The third-order valence-corrected chi connectivity index (χ3v) is 2.39. The average molecular weight is 141 g/mol. The van der Waals surface area contributed by atoms with E-state index >= 15 is 0 Å². The molecule has 1 atom stereocenters. The Morgan fingerprint density at radius 3 is 3.00 bits per heavy atom. The van der Waals surface area contributed by atoms with Crippen molar-refractivity contribution in [3.8, 4) is 0 Å². The molecule has 10 heavy (non-hydrogen) atoms. The topological polar surface area (TPSA) is 27.3 Å². The van der Waals surface area contributed by atoms with Gasteiger partial charge in [0.05, 0.1) is 6.17 Å². The molecule has 0 aromatic heterocycles. The van der Waals surface area contributed by atoms with E-state index in [2.05, 4.69) is 15.5 Å². The molecule has 58 valence electrons. The van der Waals surface area contributed by atoms with E-state index in [1.165, 1.54) is 32.6 Å². The summed E-state index contributed by atoms with van der Waals surface area (Å²) in [4.78, 5) is 2.53. The van der Waals surface area contributed by atoms with Crippen molar-refractivity contribution in [2.45, 2.75) is 12.6 Å². The van der Waals surface area contributed by atoms with E-state index in [1.54, 1.807) is 0 Å².